The minimum Gasteiger partial charge on any atom is -0.456 e. The van der Waals surface area contributed by atoms with Crippen LogP contribution in [0.4, 0.5) is 17.1 Å². The highest BCUT2D eigenvalue weighted by Gasteiger charge is 2.39. The van der Waals surface area contributed by atoms with Crippen molar-refractivity contribution in [2.45, 2.75) is 19.3 Å². The van der Waals surface area contributed by atoms with E-state index in [1.165, 1.54) is 50.2 Å². The maximum Gasteiger partial charge on any atom is 0.136 e. The zero-order chi connectivity index (χ0) is 34.1. The van der Waals surface area contributed by atoms with Crippen LogP contribution in [0.5, 0.6) is 11.5 Å². The average Bonchev–Trinajstić information content (AvgIpc) is 3.43. The minimum atomic E-state index is -0.185. The van der Waals surface area contributed by atoms with E-state index in [0.29, 0.717) is 0 Å². The van der Waals surface area contributed by atoms with Crippen molar-refractivity contribution in [2.75, 3.05) is 4.90 Å². The highest BCUT2D eigenvalue weighted by atomic mass is 16.5. The molecule has 1 heterocycles. The van der Waals surface area contributed by atoms with Gasteiger partial charge in [0.25, 0.3) is 0 Å². The summed E-state index contributed by atoms with van der Waals surface area (Å²) in [4.78, 5) is 2.47. The van der Waals surface area contributed by atoms with Crippen molar-refractivity contribution in [2.24, 2.45) is 0 Å². The summed E-state index contributed by atoms with van der Waals surface area (Å²) in [5.74, 6) is 1.77. The molecule has 1 aliphatic carbocycles. The summed E-state index contributed by atoms with van der Waals surface area (Å²) in [5, 5.41) is 2.29. The lowest BCUT2D eigenvalue weighted by molar-refractivity contribution is 0.487. The minimum absolute atomic E-state index is 0.185. The van der Waals surface area contributed by atoms with Crippen LogP contribution in [0.1, 0.15) is 25.0 Å². The molecule has 8 aromatic carbocycles. The van der Waals surface area contributed by atoms with E-state index in [0.717, 1.165) is 44.8 Å². The van der Waals surface area contributed by atoms with Gasteiger partial charge < -0.3 is 9.64 Å². The molecule has 51 heavy (non-hydrogen) atoms. The van der Waals surface area contributed by atoms with Gasteiger partial charge in [0.15, 0.2) is 0 Å². The van der Waals surface area contributed by atoms with Gasteiger partial charge >= 0.3 is 0 Å². The molecule has 0 fully saturated rings. The smallest absolute Gasteiger partial charge is 0.136 e. The van der Waals surface area contributed by atoms with Crippen molar-refractivity contribution in [3.8, 4) is 56.0 Å². The third-order valence-corrected chi connectivity index (χ3v) is 10.9. The molecule has 0 unspecified atom stereocenters. The molecule has 0 bridgehead atoms. The normalized spacial score (nSPS) is 13.2. The lowest BCUT2D eigenvalue weighted by Gasteiger charge is -2.33. The zero-order valence-electron chi connectivity index (χ0n) is 28.6. The van der Waals surface area contributed by atoms with Crippen molar-refractivity contribution in [1.82, 2.24) is 0 Å². The zero-order valence-corrected chi connectivity index (χ0v) is 28.6. The van der Waals surface area contributed by atoms with E-state index in [4.69, 9.17) is 4.74 Å². The summed E-state index contributed by atoms with van der Waals surface area (Å²) in [6.07, 6.45) is 0. The topological polar surface area (TPSA) is 12.5 Å². The van der Waals surface area contributed by atoms with E-state index >= 15 is 0 Å². The molecule has 0 atom stereocenters. The third kappa shape index (κ3) is 4.57. The van der Waals surface area contributed by atoms with Crippen LogP contribution >= 0.6 is 0 Å². The van der Waals surface area contributed by atoms with Crippen molar-refractivity contribution < 1.29 is 4.74 Å². The first-order valence-electron chi connectivity index (χ1n) is 17.7. The number of hydrogen-bond donors (Lipinski definition) is 0. The molecule has 0 amide bonds. The molecule has 0 saturated heterocycles. The number of fused-ring (bicyclic) bond motifs is 5. The standard InChI is InChI=1S/C49H35NO/c1-49(2)42-21-10-9-17-37(42)40-19-12-22-44(48(40)49)50(36-26-23-34(24-27-36)32-13-5-3-6-14-32)43-29-30-45-47-39(18-11-20-41(43)47)38-28-25-35(31-46(38)51-45)33-15-7-4-8-16-33/h3-31H,1-2H3. The van der Waals surface area contributed by atoms with Crippen LogP contribution in [0.25, 0.3) is 55.3 Å². The SMILES string of the molecule is CC1(C)c2ccccc2-c2cccc(N(c3ccc(-c4ccccc4)cc3)c3ccc4c5c(cccc35)-c3ccc(-c5ccccc5)cc3O4)c21. The van der Waals surface area contributed by atoms with Gasteiger partial charge in [0.2, 0.25) is 0 Å². The number of anilines is 3. The van der Waals surface area contributed by atoms with Crippen molar-refractivity contribution in [3.63, 3.8) is 0 Å². The van der Waals surface area contributed by atoms with E-state index in [1.807, 2.05) is 0 Å². The Hall–Kier alpha value is -6.38. The number of rotatable bonds is 5. The first kappa shape index (κ1) is 29.5. The molecule has 0 N–H and O–H groups in total. The van der Waals surface area contributed by atoms with E-state index in [-0.39, 0.29) is 5.41 Å². The maximum atomic E-state index is 6.75. The Labute approximate surface area is 298 Å². The average molecular weight is 654 g/mol. The Morgan fingerprint density at radius 1 is 0.431 bits per heavy atom. The van der Waals surface area contributed by atoms with Crippen LogP contribution in [0.15, 0.2) is 176 Å². The fourth-order valence-electron chi connectivity index (χ4n) is 8.47. The van der Waals surface area contributed by atoms with Crippen LogP contribution in [0.3, 0.4) is 0 Å². The maximum absolute atomic E-state index is 6.75. The predicted molar refractivity (Wildman–Crippen MR) is 213 cm³/mol. The van der Waals surface area contributed by atoms with Crippen LogP contribution in [-0.4, -0.2) is 0 Å². The van der Waals surface area contributed by atoms with Gasteiger partial charge in [-0.2, -0.15) is 0 Å². The van der Waals surface area contributed by atoms with Crippen molar-refractivity contribution in [1.29, 1.82) is 0 Å². The number of benzene rings is 8. The van der Waals surface area contributed by atoms with E-state index in [1.54, 1.807) is 0 Å². The molecule has 10 rings (SSSR count). The summed E-state index contributed by atoms with van der Waals surface area (Å²) >= 11 is 0. The van der Waals surface area contributed by atoms with Crippen molar-refractivity contribution in [3.05, 3.63) is 187 Å². The van der Waals surface area contributed by atoms with Gasteiger partial charge in [-0.25, -0.2) is 0 Å². The second kappa shape index (κ2) is 11.3. The highest BCUT2D eigenvalue weighted by molar-refractivity contribution is 6.11. The van der Waals surface area contributed by atoms with Crippen LogP contribution in [-0.2, 0) is 5.41 Å². The first-order chi connectivity index (χ1) is 25.1. The number of hydrogen-bond acceptors (Lipinski definition) is 2. The molecule has 2 nitrogen and oxygen atoms in total. The Kier molecular flexibility index (Phi) is 6.56. The third-order valence-electron chi connectivity index (χ3n) is 10.9. The van der Waals surface area contributed by atoms with Gasteiger partial charge in [-0.1, -0.05) is 147 Å². The van der Waals surface area contributed by atoms with Gasteiger partial charge in [-0.15, -0.1) is 0 Å². The summed E-state index contributed by atoms with van der Waals surface area (Å²) in [7, 11) is 0. The lowest BCUT2D eigenvalue weighted by Crippen LogP contribution is -2.21. The molecule has 0 radical (unpaired) electrons. The van der Waals surface area contributed by atoms with Crippen LogP contribution in [0, 0.1) is 0 Å². The van der Waals surface area contributed by atoms with Gasteiger partial charge in [0.05, 0.1) is 11.4 Å². The van der Waals surface area contributed by atoms with Gasteiger partial charge in [-0.05, 0) is 92.5 Å². The van der Waals surface area contributed by atoms with E-state index in [2.05, 4.69) is 195 Å². The molecule has 2 heteroatoms. The molecule has 8 aromatic rings. The van der Waals surface area contributed by atoms with Crippen molar-refractivity contribution >= 4 is 27.8 Å². The first-order valence-corrected chi connectivity index (χ1v) is 17.7. The van der Waals surface area contributed by atoms with Crippen LogP contribution in [0.2, 0.25) is 0 Å². The second-order valence-corrected chi connectivity index (χ2v) is 14.1. The Morgan fingerprint density at radius 3 is 1.84 bits per heavy atom. The van der Waals surface area contributed by atoms with Gasteiger partial charge in [0.1, 0.15) is 11.5 Å². The number of nitrogens with zero attached hydrogens (tertiary/aromatic N) is 1. The summed E-state index contributed by atoms with van der Waals surface area (Å²) < 4.78 is 6.75. The predicted octanol–water partition coefficient (Wildman–Crippen LogP) is 13.7. The Morgan fingerprint density at radius 2 is 1.06 bits per heavy atom. The van der Waals surface area contributed by atoms with Gasteiger partial charge in [0, 0.05) is 27.4 Å². The summed E-state index contributed by atoms with van der Waals surface area (Å²) in [5.41, 5.74) is 15.6. The molecule has 0 spiro atoms. The quantitative estimate of drug-likeness (QED) is 0.183. The van der Waals surface area contributed by atoms with E-state index < -0.39 is 0 Å². The fourth-order valence-corrected chi connectivity index (χ4v) is 8.47. The summed E-state index contributed by atoms with van der Waals surface area (Å²) in [6.45, 7) is 4.73. The second-order valence-electron chi connectivity index (χ2n) is 14.1. The molecule has 0 saturated carbocycles. The molecule has 0 aromatic heterocycles. The lowest BCUT2D eigenvalue weighted by atomic mass is 9.81. The van der Waals surface area contributed by atoms with E-state index in [9.17, 15) is 0 Å². The monoisotopic (exact) mass is 653 g/mol. The highest BCUT2D eigenvalue weighted by Crippen LogP contribution is 2.56. The molecule has 2 aliphatic rings. The fraction of sp³-hybridized carbons (Fsp3) is 0.0612. The molecule has 242 valence electrons. The Balaban J connectivity index is 1.19. The molecular weight excluding hydrogens is 619 g/mol. The number of ether oxygens (including phenoxy) is 1. The largest absolute Gasteiger partial charge is 0.456 e. The Bertz CT molecular complexity index is 2620. The van der Waals surface area contributed by atoms with Gasteiger partial charge in [-0.3, -0.25) is 0 Å². The van der Waals surface area contributed by atoms with Crippen LogP contribution < -0.4 is 9.64 Å². The molecule has 1 aliphatic heterocycles. The molecular formula is C49H35NO. The summed E-state index contributed by atoms with van der Waals surface area (Å²) in [6, 6.07) is 63.5.